The lowest BCUT2D eigenvalue weighted by molar-refractivity contribution is -0.245. The molecule has 1 saturated heterocycles. The van der Waals surface area contributed by atoms with Crippen LogP contribution in [-0.4, -0.2) is 49.1 Å². The van der Waals surface area contributed by atoms with Crippen molar-refractivity contribution in [3.8, 4) is 11.1 Å². The van der Waals surface area contributed by atoms with Gasteiger partial charge in [0, 0.05) is 30.7 Å². The van der Waals surface area contributed by atoms with Crippen molar-refractivity contribution in [2.75, 3.05) is 5.75 Å². The van der Waals surface area contributed by atoms with E-state index >= 15 is 0 Å². The van der Waals surface area contributed by atoms with E-state index in [4.69, 9.17) is 14.6 Å². The third kappa shape index (κ3) is 8.04. The highest BCUT2D eigenvalue weighted by Gasteiger charge is 2.32. The monoisotopic (exact) mass is 588 g/mol. The minimum absolute atomic E-state index is 0.0148. The molecule has 3 atom stereocenters. The van der Waals surface area contributed by atoms with Gasteiger partial charge < -0.3 is 25.0 Å². The summed E-state index contributed by atoms with van der Waals surface area (Å²) in [5.74, 6) is -0.628. The van der Waals surface area contributed by atoms with E-state index in [0.717, 1.165) is 38.5 Å². The van der Waals surface area contributed by atoms with Crippen molar-refractivity contribution in [2.45, 2.75) is 56.1 Å². The molecule has 10 nitrogen and oxygen atoms in total. The van der Waals surface area contributed by atoms with E-state index in [1.54, 1.807) is 11.8 Å². The molecule has 0 bridgehead atoms. The second-order valence-corrected chi connectivity index (χ2v) is 11.0. The van der Waals surface area contributed by atoms with Gasteiger partial charge in [0.2, 0.25) is 5.91 Å². The number of carboxylic acids is 1. The molecule has 218 valence electrons. The van der Waals surface area contributed by atoms with E-state index < -0.39 is 12.3 Å². The largest absolute Gasteiger partial charge is 0.481 e. The Labute approximate surface area is 247 Å². The fourth-order valence-electron chi connectivity index (χ4n) is 4.69. The zero-order chi connectivity index (χ0) is 29.3. The van der Waals surface area contributed by atoms with E-state index in [1.165, 1.54) is 6.33 Å². The van der Waals surface area contributed by atoms with Crippen molar-refractivity contribution in [2.24, 2.45) is 0 Å². The molecule has 4 aromatic rings. The molecule has 0 spiro atoms. The number of hydrogen-bond donors (Lipinski definition) is 4. The topological polar surface area (TPSA) is 147 Å². The number of hydrogen-bond acceptors (Lipinski definition) is 8. The van der Waals surface area contributed by atoms with Crippen LogP contribution in [0.1, 0.15) is 53.9 Å². The maximum Gasteiger partial charge on any atom is 0.303 e. The van der Waals surface area contributed by atoms with Gasteiger partial charge in [-0.05, 0) is 39.9 Å². The molecule has 4 N–H and O–H groups in total. The minimum atomic E-state index is -0.997. The number of amides is 1. The zero-order valence-electron chi connectivity index (χ0n) is 22.8. The molecular formula is C31H32N4O6S. The summed E-state index contributed by atoms with van der Waals surface area (Å²) in [4.78, 5) is 26.9. The number of aliphatic carboxylic acids is 1. The first-order chi connectivity index (χ1) is 20.5. The Bertz CT molecular complexity index is 1480. The summed E-state index contributed by atoms with van der Waals surface area (Å²) in [5, 5.41) is 28.5. The van der Waals surface area contributed by atoms with Gasteiger partial charge >= 0.3 is 5.97 Å². The van der Waals surface area contributed by atoms with Crippen LogP contribution in [0, 0.1) is 0 Å². The number of nitrogens with one attached hydrogen (secondary N) is 2. The second kappa shape index (κ2) is 14.2. The van der Waals surface area contributed by atoms with E-state index in [9.17, 15) is 14.7 Å². The number of H-pyrrole nitrogens is 1. The first kappa shape index (κ1) is 29.5. The summed E-state index contributed by atoms with van der Waals surface area (Å²) in [6.45, 7) is 0.293. The van der Waals surface area contributed by atoms with Crippen molar-refractivity contribution < 1.29 is 29.3 Å². The number of aromatic nitrogens is 3. The van der Waals surface area contributed by atoms with Crippen LogP contribution in [0.3, 0.4) is 0 Å². The van der Waals surface area contributed by atoms with Gasteiger partial charge in [0.1, 0.15) is 6.33 Å². The summed E-state index contributed by atoms with van der Waals surface area (Å²) in [7, 11) is 0. The number of aromatic amines is 1. The molecule has 2 heterocycles. The highest BCUT2D eigenvalue weighted by atomic mass is 32.2. The Hall–Kier alpha value is -4.03. The maximum absolute atomic E-state index is 12.0. The lowest BCUT2D eigenvalue weighted by Crippen LogP contribution is -2.31. The van der Waals surface area contributed by atoms with Crippen LogP contribution in [0.5, 0.6) is 0 Å². The smallest absolute Gasteiger partial charge is 0.303 e. The molecule has 1 amide bonds. The Morgan fingerprint density at radius 3 is 2.48 bits per heavy atom. The third-order valence-corrected chi connectivity index (χ3v) is 7.90. The molecule has 3 aromatic carbocycles. The maximum atomic E-state index is 12.0. The first-order valence-electron chi connectivity index (χ1n) is 13.6. The number of nitrogens with zero attached hydrogens (tertiary/aromatic N) is 2. The predicted octanol–water partition coefficient (Wildman–Crippen LogP) is 4.78. The van der Waals surface area contributed by atoms with Crippen LogP contribution < -0.4 is 5.32 Å². The average molecular weight is 589 g/mol. The fourth-order valence-corrected chi connectivity index (χ4v) is 5.49. The molecule has 42 heavy (non-hydrogen) atoms. The Balaban J connectivity index is 1.32. The Kier molecular flexibility index (Phi) is 9.98. The third-order valence-electron chi connectivity index (χ3n) is 6.89. The summed E-state index contributed by atoms with van der Waals surface area (Å²) in [6.07, 6.45) is 0.983. The number of carbonyl (C=O) groups excluding carboxylic acids is 1. The van der Waals surface area contributed by atoms with Crippen LogP contribution in [0.25, 0.3) is 11.1 Å². The van der Waals surface area contributed by atoms with Gasteiger partial charge in [-0.25, -0.2) is 4.98 Å². The molecule has 0 saturated carbocycles. The molecule has 11 heteroatoms. The first-order valence-corrected chi connectivity index (χ1v) is 14.6. The van der Waals surface area contributed by atoms with Gasteiger partial charge in [0.25, 0.3) is 0 Å². The summed E-state index contributed by atoms with van der Waals surface area (Å²) < 4.78 is 13.0. The highest BCUT2D eigenvalue weighted by molar-refractivity contribution is 7.99. The number of aliphatic hydroxyl groups excluding tert-OH is 1. The van der Waals surface area contributed by atoms with Gasteiger partial charge in [-0.15, -0.1) is 0 Å². The molecule has 1 aromatic heterocycles. The van der Waals surface area contributed by atoms with Gasteiger partial charge in [0.05, 0.1) is 25.2 Å². The van der Waals surface area contributed by atoms with Crippen molar-refractivity contribution in [1.82, 2.24) is 20.5 Å². The van der Waals surface area contributed by atoms with Gasteiger partial charge in [-0.1, -0.05) is 72.4 Å². The van der Waals surface area contributed by atoms with Gasteiger partial charge in [-0.2, -0.15) is 5.10 Å². The van der Waals surface area contributed by atoms with Crippen LogP contribution in [0.4, 0.5) is 0 Å². The van der Waals surface area contributed by atoms with Crippen LogP contribution in [0.15, 0.2) is 84.3 Å². The SMILES string of the molecule is O=C(O)CCC(=O)NCc1cccc(-c2cccc([C@H]3O[C@@H](CSc4ncn[nH]4)C[C@@H](c4ccc(CO)cc4)O3)c2)c1. The van der Waals surface area contributed by atoms with Crippen LogP contribution in [-0.2, 0) is 32.2 Å². The van der Waals surface area contributed by atoms with Crippen molar-refractivity contribution in [3.63, 3.8) is 0 Å². The molecular weight excluding hydrogens is 556 g/mol. The number of carboxylic acid groups (broad SMARTS) is 1. The summed E-state index contributed by atoms with van der Waals surface area (Å²) in [6, 6.07) is 23.7. The molecule has 1 aliphatic rings. The lowest BCUT2D eigenvalue weighted by atomic mass is 9.99. The van der Waals surface area contributed by atoms with Crippen LogP contribution in [0.2, 0.25) is 0 Å². The molecule has 1 fully saturated rings. The number of carbonyl (C=O) groups is 2. The summed E-state index contributed by atoms with van der Waals surface area (Å²) in [5.41, 5.74) is 5.59. The molecule has 0 unspecified atom stereocenters. The molecule has 5 rings (SSSR count). The standard InChI is InChI=1S/C31H32N4O6S/c36-17-20-7-9-22(10-8-20)27-15-26(18-42-31-33-19-34-35-31)40-30(41-27)25-6-2-5-24(14-25)23-4-1-3-21(13-23)16-32-28(37)11-12-29(38)39/h1-10,13-14,19,26-27,30,36H,11-12,15-18H2,(H,32,37)(H,38,39)(H,33,34,35)/t26-,27+,30+/m1/s1. The quantitative estimate of drug-likeness (QED) is 0.172. The predicted molar refractivity (Wildman–Crippen MR) is 156 cm³/mol. The zero-order valence-corrected chi connectivity index (χ0v) is 23.6. The molecule has 0 radical (unpaired) electrons. The number of rotatable bonds is 12. The fraction of sp³-hybridized carbons (Fsp3) is 0.290. The number of aliphatic hydroxyl groups is 1. The highest BCUT2D eigenvalue weighted by Crippen LogP contribution is 2.40. The number of thioether (sulfide) groups is 1. The minimum Gasteiger partial charge on any atom is -0.481 e. The second-order valence-electron chi connectivity index (χ2n) is 9.95. The van der Waals surface area contributed by atoms with Crippen molar-refractivity contribution in [3.05, 3.63) is 101 Å². The average Bonchev–Trinajstić information content (AvgIpc) is 3.56. The lowest BCUT2D eigenvalue weighted by Gasteiger charge is -2.36. The van der Waals surface area contributed by atoms with E-state index in [2.05, 4.69) is 20.5 Å². The molecule has 0 aliphatic carbocycles. The van der Waals surface area contributed by atoms with Crippen molar-refractivity contribution in [1.29, 1.82) is 0 Å². The van der Waals surface area contributed by atoms with Crippen LogP contribution >= 0.6 is 11.8 Å². The number of benzene rings is 3. The Morgan fingerprint density at radius 2 is 1.74 bits per heavy atom. The van der Waals surface area contributed by atoms with Gasteiger partial charge in [-0.3, -0.25) is 14.7 Å². The van der Waals surface area contributed by atoms with E-state index in [0.29, 0.717) is 18.7 Å². The Morgan fingerprint density at radius 1 is 0.952 bits per heavy atom. The number of ether oxygens (including phenoxy) is 2. The summed E-state index contributed by atoms with van der Waals surface area (Å²) >= 11 is 1.54. The molecule has 1 aliphatic heterocycles. The normalized spacial score (nSPS) is 18.5. The van der Waals surface area contributed by atoms with Gasteiger partial charge in [0.15, 0.2) is 11.4 Å². The van der Waals surface area contributed by atoms with E-state index in [-0.39, 0.29) is 37.6 Å². The van der Waals surface area contributed by atoms with E-state index in [1.807, 2.05) is 72.8 Å². The van der Waals surface area contributed by atoms with Crippen molar-refractivity contribution >= 4 is 23.6 Å².